The summed E-state index contributed by atoms with van der Waals surface area (Å²) in [5, 5.41) is 2.94. The molecule has 28 heavy (non-hydrogen) atoms. The van der Waals surface area contributed by atoms with E-state index in [1.165, 1.54) is 5.69 Å². The maximum Gasteiger partial charge on any atom is 0.255 e. The predicted molar refractivity (Wildman–Crippen MR) is 113 cm³/mol. The van der Waals surface area contributed by atoms with Gasteiger partial charge in [-0.25, -0.2) is 0 Å². The van der Waals surface area contributed by atoms with Crippen molar-refractivity contribution in [3.05, 3.63) is 48.0 Å². The van der Waals surface area contributed by atoms with Gasteiger partial charge in [0.25, 0.3) is 5.91 Å². The summed E-state index contributed by atoms with van der Waals surface area (Å²) in [6, 6.07) is 13.7. The van der Waals surface area contributed by atoms with Crippen molar-refractivity contribution >= 4 is 17.3 Å². The van der Waals surface area contributed by atoms with E-state index in [9.17, 15) is 4.79 Å². The smallest absolute Gasteiger partial charge is 0.255 e. The lowest BCUT2D eigenvalue weighted by molar-refractivity contribution is 0.102. The molecule has 2 aromatic carbocycles. The molecule has 0 unspecified atom stereocenters. The van der Waals surface area contributed by atoms with Gasteiger partial charge in [-0.3, -0.25) is 9.69 Å². The highest BCUT2D eigenvalue weighted by atomic mass is 16.5. The van der Waals surface area contributed by atoms with Crippen LogP contribution in [0.15, 0.2) is 42.5 Å². The summed E-state index contributed by atoms with van der Waals surface area (Å²) in [4.78, 5) is 17.5. The fourth-order valence-electron chi connectivity index (χ4n) is 3.39. The van der Waals surface area contributed by atoms with Crippen LogP contribution >= 0.6 is 0 Å². The molecule has 6 heteroatoms. The molecule has 0 bridgehead atoms. The Labute approximate surface area is 167 Å². The Bertz CT molecular complexity index is 775. The number of benzene rings is 2. The molecule has 1 fully saturated rings. The summed E-state index contributed by atoms with van der Waals surface area (Å²) in [5.41, 5.74) is 2.44. The molecule has 0 aromatic heterocycles. The van der Waals surface area contributed by atoms with Gasteiger partial charge in [0.1, 0.15) is 11.5 Å². The Kier molecular flexibility index (Phi) is 6.41. The first kappa shape index (κ1) is 20.0. The van der Waals surface area contributed by atoms with Crippen LogP contribution in [0.25, 0.3) is 0 Å². The van der Waals surface area contributed by atoms with Crippen LogP contribution in [0.5, 0.6) is 11.5 Å². The molecule has 1 saturated heterocycles. The summed E-state index contributed by atoms with van der Waals surface area (Å²) in [6.45, 7) is 8.68. The molecule has 1 heterocycles. The molecule has 3 rings (SSSR count). The molecule has 6 nitrogen and oxygen atoms in total. The number of amides is 1. The van der Waals surface area contributed by atoms with Gasteiger partial charge in [0.15, 0.2) is 0 Å². The van der Waals surface area contributed by atoms with Gasteiger partial charge in [0.2, 0.25) is 0 Å². The summed E-state index contributed by atoms with van der Waals surface area (Å²) < 4.78 is 10.5. The van der Waals surface area contributed by atoms with E-state index in [0.29, 0.717) is 23.1 Å². The average molecular weight is 383 g/mol. The molecular weight excluding hydrogens is 354 g/mol. The van der Waals surface area contributed by atoms with Crippen LogP contribution in [0.4, 0.5) is 11.4 Å². The van der Waals surface area contributed by atoms with Crippen LogP contribution in [0.1, 0.15) is 24.2 Å². The number of piperazine rings is 1. The molecule has 0 atom stereocenters. The van der Waals surface area contributed by atoms with E-state index in [4.69, 9.17) is 9.47 Å². The molecule has 0 aliphatic carbocycles. The Morgan fingerprint density at radius 2 is 1.50 bits per heavy atom. The third-order valence-corrected chi connectivity index (χ3v) is 5.15. The van der Waals surface area contributed by atoms with Gasteiger partial charge in [-0.1, -0.05) is 0 Å². The fraction of sp³-hybridized carbons (Fsp3) is 0.409. The van der Waals surface area contributed by atoms with Gasteiger partial charge < -0.3 is 19.7 Å². The quantitative estimate of drug-likeness (QED) is 0.828. The molecule has 0 spiro atoms. The minimum absolute atomic E-state index is 0.199. The summed E-state index contributed by atoms with van der Waals surface area (Å²) in [6.07, 6.45) is 0. The van der Waals surface area contributed by atoms with E-state index in [1.54, 1.807) is 32.4 Å². The van der Waals surface area contributed by atoms with Crippen LogP contribution in [0.3, 0.4) is 0 Å². The van der Waals surface area contributed by atoms with Gasteiger partial charge >= 0.3 is 0 Å². The second kappa shape index (κ2) is 8.97. The first-order valence-electron chi connectivity index (χ1n) is 9.63. The monoisotopic (exact) mass is 383 g/mol. The number of methoxy groups -OCH3 is 2. The van der Waals surface area contributed by atoms with Crippen LogP contribution in [-0.2, 0) is 0 Å². The van der Waals surface area contributed by atoms with E-state index in [1.807, 2.05) is 12.1 Å². The average Bonchev–Trinajstić information content (AvgIpc) is 2.73. The normalized spacial score (nSPS) is 14.8. The SMILES string of the molecule is COc1cc(OC)cc(C(=O)Nc2ccc(N3CCN(C(C)C)CC3)cc2)c1. The number of carbonyl (C=O) groups excluding carboxylic acids is 1. The molecule has 1 aliphatic heterocycles. The van der Waals surface area contributed by atoms with Crippen molar-refractivity contribution in [2.75, 3.05) is 50.6 Å². The van der Waals surface area contributed by atoms with E-state index in [-0.39, 0.29) is 5.91 Å². The Balaban J connectivity index is 1.64. The minimum atomic E-state index is -0.199. The Hall–Kier alpha value is -2.73. The zero-order valence-electron chi connectivity index (χ0n) is 17.1. The topological polar surface area (TPSA) is 54.0 Å². The molecule has 2 aromatic rings. The zero-order valence-corrected chi connectivity index (χ0v) is 17.1. The van der Waals surface area contributed by atoms with Gasteiger partial charge in [0, 0.05) is 55.2 Å². The lowest BCUT2D eigenvalue weighted by atomic mass is 10.1. The number of rotatable bonds is 6. The Morgan fingerprint density at radius 1 is 0.929 bits per heavy atom. The van der Waals surface area contributed by atoms with Crippen molar-refractivity contribution in [1.82, 2.24) is 4.90 Å². The third-order valence-electron chi connectivity index (χ3n) is 5.15. The summed E-state index contributed by atoms with van der Waals surface area (Å²) in [7, 11) is 3.13. The number of hydrogen-bond acceptors (Lipinski definition) is 5. The second-order valence-electron chi connectivity index (χ2n) is 7.22. The third kappa shape index (κ3) is 4.75. The highest BCUT2D eigenvalue weighted by molar-refractivity contribution is 6.04. The minimum Gasteiger partial charge on any atom is -0.497 e. The van der Waals surface area contributed by atoms with Gasteiger partial charge in [-0.05, 0) is 50.2 Å². The van der Waals surface area contributed by atoms with E-state index in [2.05, 4.69) is 41.1 Å². The first-order valence-corrected chi connectivity index (χ1v) is 9.63. The lowest BCUT2D eigenvalue weighted by Crippen LogP contribution is -2.48. The largest absolute Gasteiger partial charge is 0.497 e. The first-order chi connectivity index (χ1) is 13.5. The van der Waals surface area contributed by atoms with Crippen molar-refractivity contribution in [1.29, 1.82) is 0 Å². The Morgan fingerprint density at radius 3 is 2.00 bits per heavy atom. The van der Waals surface area contributed by atoms with Crippen LogP contribution in [0, 0.1) is 0 Å². The number of hydrogen-bond donors (Lipinski definition) is 1. The number of anilines is 2. The molecule has 0 saturated carbocycles. The van der Waals surface area contributed by atoms with Crippen molar-refractivity contribution < 1.29 is 14.3 Å². The molecule has 1 aliphatic rings. The van der Waals surface area contributed by atoms with Gasteiger partial charge in [-0.15, -0.1) is 0 Å². The molecule has 1 amide bonds. The zero-order chi connectivity index (χ0) is 20.1. The van der Waals surface area contributed by atoms with E-state index >= 15 is 0 Å². The van der Waals surface area contributed by atoms with Crippen LogP contribution < -0.4 is 19.7 Å². The summed E-state index contributed by atoms with van der Waals surface area (Å²) in [5.74, 6) is 0.969. The number of nitrogens with zero attached hydrogens (tertiary/aromatic N) is 2. The predicted octanol–water partition coefficient (Wildman–Crippen LogP) is 3.49. The van der Waals surface area contributed by atoms with E-state index in [0.717, 1.165) is 31.9 Å². The number of carbonyl (C=O) groups is 1. The van der Waals surface area contributed by atoms with Crippen molar-refractivity contribution in [3.8, 4) is 11.5 Å². The maximum atomic E-state index is 12.6. The molecular formula is C22H29N3O3. The van der Waals surface area contributed by atoms with Crippen molar-refractivity contribution in [2.45, 2.75) is 19.9 Å². The van der Waals surface area contributed by atoms with Crippen LogP contribution in [-0.4, -0.2) is 57.2 Å². The van der Waals surface area contributed by atoms with Gasteiger partial charge in [-0.2, -0.15) is 0 Å². The second-order valence-corrected chi connectivity index (χ2v) is 7.22. The van der Waals surface area contributed by atoms with Crippen molar-refractivity contribution in [2.24, 2.45) is 0 Å². The standard InChI is InChI=1S/C22H29N3O3/c1-16(2)24-9-11-25(12-10-24)19-7-5-18(6-8-19)23-22(26)17-13-20(27-3)15-21(14-17)28-4/h5-8,13-16H,9-12H2,1-4H3,(H,23,26). The van der Waals surface area contributed by atoms with Gasteiger partial charge in [0.05, 0.1) is 14.2 Å². The molecule has 150 valence electrons. The highest BCUT2D eigenvalue weighted by Gasteiger charge is 2.19. The number of nitrogens with one attached hydrogen (secondary N) is 1. The maximum absolute atomic E-state index is 12.6. The number of ether oxygens (including phenoxy) is 2. The van der Waals surface area contributed by atoms with Crippen LogP contribution in [0.2, 0.25) is 0 Å². The summed E-state index contributed by atoms with van der Waals surface area (Å²) >= 11 is 0. The fourth-order valence-corrected chi connectivity index (χ4v) is 3.39. The molecule has 0 radical (unpaired) electrons. The molecule has 1 N–H and O–H groups in total. The highest BCUT2D eigenvalue weighted by Crippen LogP contribution is 2.24. The van der Waals surface area contributed by atoms with E-state index < -0.39 is 0 Å². The lowest BCUT2D eigenvalue weighted by Gasteiger charge is -2.38. The van der Waals surface area contributed by atoms with Crippen molar-refractivity contribution in [3.63, 3.8) is 0 Å².